The van der Waals surface area contributed by atoms with E-state index in [1.165, 1.54) is 23.9 Å². The summed E-state index contributed by atoms with van der Waals surface area (Å²) in [5.41, 5.74) is 0.826. The van der Waals surface area contributed by atoms with Crippen LogP contribution < -0.4 is 4.72 Å². The molecule has 2 aromatic carbocycles. The van der Waals surface area contributed by atoms with Crippen LogP contribution in [0.5, 0.6) is 0 Å². The lowest BCUT2D eigenvalue weighted by Gasteiger charge is -2.32. The average Bonchev–Trinajstić information content (AvgIpc) is 2.59. The van der Waals surface area contributed by atoms with Crippen LogP contribution in [0.1, 0.15) is 5.56 Å². The van der Waals surface area contributed by atoms with E-state index in [1.807, 2.05) is 16.9 Å². The van der Waals surface area contributed by atoms with Crippen molar-refractivity contribution in [3.63, 3.8) is 0 Å². The van der Waals surface area contributed by atoms with Gasteiger partial charge in [0.15, 0.2) is 0 Å². The summed E-state index contributed by atoms with van der Waals surface area (Å²) in [5, 5.41) is -0.949. The van der Waals surface area contributed by atoms with Gasteiger partial charge in [-0.1, -0.05) is 29.8 Å². The first kappa shape index (κ1) is 19.6. The minimum absolute atomic E-state index is 0.169. The fourth-order valence-electron chi connectivity index (χ4n) is 2.51. The Kier molecular flexibility index (Phi) is 5.62. The molecule has 1 N–H and O–H groups in total. The van der Waals surface area contributed by atoms with Gasteiger partial charge in [0.05, 0.1) is 4.90 Å². The van der Waals surface area contributed by atoms with Gasteiger partial charge in [0.25, 0.3) is 0 Å². The summed E-state index contributed by atoms with van der Waals surface area (Å²) in [6, 6.07) is 10.7. The Bertz CT molecular complexity index is 883. The molecule has 0 aromatic heterocycles. The molecule has 0 bridgehead atoms. The van der Waals surface area contributed by atoms with Crippen molar-refractivity contribution in [2.24, 2.45) is 0 Å². The lowest BCUT2D eigenvalue weighted by molar-refractivity contribution is -0.150. The number of thioether (sulfide) groups is 2. The summed E-state index contributed by atoms with van der Waals surface area (Å²) < 4.78 is 67.7. The number of hydrogen-bond acceptors (Lipinski definition) is 4. The molecule has 2 atom stereocenters. The van der Waals surface area contributed by atoms with Crippen LogP contribution in [-0.4, -0.2) is 31.6 Å². The molecular formula is C17H16F3NO2S3. The predicted octanol–water partition coefficient (Wildman–Crippen LogP) is 4.47. The second-order valence-electron chi connectivity index (χ2n) is 5.87. The Labute approximate surface area is 158 Å². The first-order valence-corrected chi connectivity index (χ1v) is 11.1. The highest BCUT2D eigenvalue weighted by molar-refractivity contribution is 8.06. The number of hydrogen-bond donors (Lipinski definition) is 1. The van der Waals surface area contributed by atoms with Gasteiger partial charge in [-0.3, -0.25) is 0 Å². The van der Waals surface area contributed by atoms with Crippen LogP contribution in [0.15, 0.2) is 63.2 Å². The topological polar surface area (TPSA) is 46.2 Å². The van der Waals surface area contributed by atoms with Crippen molar-refractivity contribution in [2.45, 2.75) is 39.1 Å². The summed E-state index contributed by atoms with van der Waals surface area (Å²) in [6.07, 6.45) is -4.69. The van der Waals surface area contributed by atoms with Gasteiger partial charge in [0.1, 0.15) is 6.04 Å². The van der Waals surface area contributed by atoms with Crippen molar-refractivity contribution in [1.29, 1.82) is 0 Å². The normalized spacial score (nSPS) is 19.0. The molecule has 1 aliphatic heterocycles. The summed E-state index contributed by atoms with van der Waals surface area (Å²) in [7, 11) is -4.28. The van der Waals surface area contributed by atoms with Crippen LogP contribution in [0.3, 0.4) is 0 Å². The van der Waals surface area contributed by atoms with E-state index in [-0.39, 0.29) is 10.6 Å². The summed E-state index contributed by atoms with van der Waals surface area (Å²) in [5.74, 6) is 0.169. The number of sulfonamides is 1. The molecular weight excluding hydrogens is 403 g/mol. The van der Waals surface area contributed by atoms with Crippen LogP contribution in [0.25, 0.3) is 0 Å². The van der Waals surface area contributed by atoms with Crippen molar-refractivity contribution in [3.05, 3.63) is 54.1 Å². The minimum atomic E-state index is -4.69. The molecule has 0 spiro atoms. The molecule has 3 rings (SSSR count). The van der Waals surface area contributed by atoms with E-state index < -0.39 is 27.5 Å². The van der Waals surface area contributed by atoms with Gasteiger partial charge >= 0.3 is 6.18 Å². The van der Waals surface area contributed by atoms with Crippen molar-refractivity contribution in [1.82, 2.24) is 4.72 Å². The van der Waals surface area contributed by atoms with Gasteiger partial charge in [-0.2, -0.15) is 17.9 Å². The molecule has 26 heavy (non-hydrogen) atoms. The number of fused-ring (bicyclic) bond motifs is 1. The van der Waals surface area contributed by atoms with E-state index in [9.17, 15) is 21.6 Å². The van der Waals surface area contributed by atoms with E-state index in [0.29, 0.717) is 0 Å². The third kappa shape index (κ3) is 4.39. The smallest absolute Gasteiger partial charge is 0.207 e. The lowest BCUT2D eigenvalue weighted by atomic mass is 10.2. The van der Waals surface area contributed by atoms with Crippen LogP contribution >= 0.6 is 23.5 Å². The second-order valence-corrected chi connectivity index (χ2v) is 9.92. The minimum Gasteiger partial charge on any atom is -0.207 e. The number of aryl methyl sites for hydroxylation is 1. The fraction of sp³-hybridized carbons (Fsp3) is 0.294. The van der Waals surface area contributed by atoms with Gasteiger partial charge in [-0.05, 0) is 31.2 Å². The molecule has 0 saturated carbocycles. The molecule has 2 unspecified atom stereocenters. The van der Waals surface area contributed by atoms with Crippen molar-refractivity contribution in [3.8, 4) is 0 Å². The van der Waals surface area contributed by atoms with Crippen LogP contribution in [0, 0.1) is 6.92 Å². The molecule has 3 nitrogen and oxygen atoms in total. The molecule has 0 fully saturated rings. The van der Waals surface area contributed by atoms with E-state index in [0.717, 1.165) is 27.1 Å². The Hall–Kier alpha value is -1.16. The summed E-state index contributed by atoms with van der Waals surface area (Å²) in [4.78, 5) is 1.47. The molecule has 1 heterocycles. The molecule has 0 amide bonds. The molecule has 140 valence electrons. The standard InChI is InChI=1S/C17H16F3NO2S3/c1-11-6-8-12(9-7-11)26(22,23)21-16(17(18,19)20)15-10-24-13-4-2-3-5-14(13)25-15/h2-9,15-16,21H,10H2,1H3. The zero-order chi connectivity index (χ0) is 18.9. The highest BCUT2D eigenvalue weighted by Crippen LogP contribution is 2.44. The Balaban J connectivity index is 1.87. The largest absolute Gasteiger partial charge is 0.405 e. The van der Waals surface area contributed by atoms with Gasteiger partial charge in [-0.15, -0.1) is 23.5 Å². The third-order valence-corrected chi connectivity index (χ3v) is 8.21. The van der Waals surface area contributed by atoms with Gasteiger partial charge < -0.3 is 0 Å². The zero-order valence-electron chi connectivity index (χ0n) is 13.7. The number of nitrogens with one attached hydrogen (secondary N) is 1. The fourth-order valence-corrected chi connectivity index (χ4v) is 6.60. The molecule has 9 heteroatoms. The van der Waals surface area contributed by atoms with Crippen LogP contribution in [-0.2, 0) is 10.0 Å². The maximum atomic E-state index is 13.6. The number of rotatable bonds is 4. The third-order valence-electron chi connectivity index (χ3n) is 3.87. The van der Waals surface area contributed by atoms with Crippen LogP contribution in [0.2, 0.25) is 0 Å². The molecule has 0 radical (unpaired) electrons. The zero-order valence-corrected chi connectivity index (χ0v) is 16.1. The lowest BCUT2D eigenvalue weighted by Crippen LogP contribution is -2.52. The van der Waals surface area contributed by atoms with Crippen molar-refractivity contribution < 1.29 is 21.6 Å². The Morgan fingerprint density at radius 3 is 2.31 bits per heavy atom. The summed E-state index contributed by atoms with van der Waals surface area (Å²) >= 11 is 2.37. The molecule has 0 aliphatic carbocycles. The van der Waals surface area contributed by atoms with E-state index >= 15 is 0 Å². The highest BCUT2D eigenvalue weighted by Gasteiger charge is 2.48. The Morgan fingerprint density at radius 1 is 1.08 bits per heavy atom. The maximum Gasteiger partial charge on any atom is 0.405 e. The highest BCUT2D eigenvalue weighted by atomic mass is 32.2. The maximum absolute atomic E-state index is 13.6. The monoisotopic (exact) mass is 419 g/mol. The second kappa shape index (κ2) is 7.46. The van der Waals surface area contributed by atoms with Gasteiger partial charge in [-0.25, -0.2) is 8.42 Å². The van der Waals surface area contributed by atoms with Gasteiger partial charge in [0, 0.05) is 20.8 Å². The summed E-state index contributed by atoms with van der Waals surface area (Å²) in [6.45, 7) is 1.77. The molecule has 1 aliphatic rings. The first-order valence-electron chi connectivity index (χ1n) is 7.71. The van der Waals surface area contributed by atoms with Gasteiger partial charge in [0.2, 0.25) is 10.0 Å². The van der Waals surface area contributed by atoms with E-state index in [1.54, 1.807) is 31.2 Å². The van der Waals surface area contributed by atoms with Crippen molar-refractivity contribution >= 4 is 33.5 Å². The molecule has 2 aromatic rings. The quantitative estimate of drug-likeness (QED) is 0.794. The Morgan fingerprint density at radius 2 is 1.69 bits per heavy atom. The van der Waals surface area contributed by atoms with Crippen LogP contribution in [0.4, 0.5) is 13.2 Å². The first-order chi connectivity index (χ1) is 12.2. The van der Waals surface area contributed by atoms with E-state index in [2.05, 4.69) is 0 Å². The van der Waals surface area contributed by atoms with E-state index in [4.69, 9.17) is 0 Å². The molecule has 0 saturated heterocycles. The number of alkyl halides is 3. The number of halogens is 3. The predicted molar refractivity (Wildman–Crippen MR) is 98.2 cm³/mol. The van der Waals surface area contributed by atoms with Crippen molar-refractivity contribution in [2.75, 3.05) is 5.75 Å². The number of benzene rings is 2. The SMILES string of the molecule is Cc1ccc(S(=O)(=O)NC(C2CSc3ccccc3S2)C(F)(F)F)cc1. The average molecular weight is 420 g/mol.